The number of aryl methyl sites for hydroxylation is 1. The Hall–Kier alpha value is -2.60. The van der Waals surface area contributed by atoms with Gasteiger partial charge < -0.3 is 5.32 Å². The number of hydrogen-bond donors (Lipinski definition) is 1. The van der Waals surface area contributed by atoms with E-state index < -0.39 is 5.25 Å². The molecule has 3 rings (SSSR count). The SMILES string of the molecule is Cc1ccc(NC(=O)C[C@@H]2SC(=O)N(Cc3ccccc3)C2=O)cc1. The molecule has 6 heteroatoms. The van der Waals surface area contributed by atoms with Gasteiger partial charge in [0.05, 0.1) is 6.54 Å². The number of carbonyl (C=O) groups is 3. The summed E-state index contributed by atoms with van der Waals surface area (Å²) in [5.74, 6) is -0.582. The Morgan fingerprint density at radius 3 is 2.44 bits per heavy atom. The third kappa shape index (κ3) is 4.28. The molecule has 128 valence electrons. The number of thioether (sulfide) groups is 1. The summed E-state index contributed by atoms with van der Waals surface area (Å²) >= 11 is 0.919. The summed E-state index contributed by atoms with van der Waals surface area (Å²) in [4.78, 5) is 37.9. The van der Waals surface area contributed by atoms with E-state index in [1.165, 1.54) is 4.90 Å². The van der Waals surface area contributed by atoms with Gasteiger partial charge in [-0.1, -0.05) is 59.8 Å². The molecule has 1 saturated heterocycles. The molecule has 1 aliphatic heterocycles. The minimum absolute atomic E-state index is 0.0194. The van der Waals surface area contributed by atoms with E-state index in [-0.39, 0.29) is 30.0 Å². The molecule has 0 bridgehead atoms. The standard InChI is InChI=1S/C19H18N2O3S/c1-13-7-9-15(10-8-13)20-17(22)11-16-18(23)21(19(24)25-16)12-14-5-3-2-4-6-14/h2-10,16H,11-12H2,1H3,(H,20,22)/t16-/m0/s1. The van der Waals surface area contributed by atoms with E-state index in [1.807, 2.05) is 61.5 Å². The van der Waals surface area contributed by atoms with Crippen LogP contribution in [0.2, 0.25) is 0 Å². The second-order valence-electron chi connectivity index (χ2n) is 5.90. The number of anilines is 1. The quantitative estimate of drug-likeness (QED) is 0.891. The predicted octanol–water partition coefficient (Wildman–Crippen LogP) is 3.59. The summed E-state index contributed by atoms with van der Waals surface area (Å²) in [7, 11) is 0. The van der Waals surface area contributed by atoms with E-state index in [4.69, 9.17) is 0 Å². The molecule has 0 aliphatic carbocycles. The van der Waals surface area contributed by atoms with Crippen LogP contribution in [-0.2, 0) is 16.1 Å². The van der Waals surface area contributed by atoms with Crippen LogP contribution in [0.1, 0.15) is 17.5 Å². The van der Waals surface area contributed by atoms with E-state index in [2.05, 4.69) is 5.32 Å². The van der Waals surface area contributed by atoms with Crippen LogP contribution in [0.15, 0.2) is 54.6 Å². The number of hydrogen-bond acceptors (Lipinski definition) is 4. The summed E-state index contributed by atoms with van der Waals surface area (Å²) in [6.45, 7) is 2.20. The molecule has 1 N–H and O–H groups in total. The van der Waals surface area contributed by atoms with Gasteiger partial charge >= 0.3 is 0 Å². The topological polar surface area (TPSA) is 66.5 Å². The van der Waals surface area contributed by atoms with Gasteiger partial charge in [-0.05, 0) is 24.6 Å². The molecule has 0 saturated carbocycles. The van der Waals surface area contributed by atoms with Crippen LogP contribution in [0.3, 0.4) is 0 Å². The molecule has 0 aromatic heterocycles. The summed E-state index contributed by atoms with van der Waals surface area (Å²) in [6.07, 6.45) is -0.0194. The first-order valence-corrected chi connectivity index (χ1v) is 8.83. The first-order chi connectivity index (χ1) is 12.0. The highest BCUT2D eigenvalue weighted by atomic mass is 32.2. The molecule has 1 atom stereocenters. The summed E-state index contributed by atoms with van der Waals surface area (Å²) in [6, 6.07) is 16.7. The second kappa shape index (κ2) is 7.53. The lowest BCUT2D eigenvalue weighted by Crippen LogP contribution is -2.32. The molecule has 0 spiro atoms. The molecule has 2 aromatic rings. The van der Waals surface area contributed by atoms with E-state index in [1.54, 1.807) is 0 Å². The van der Waals surface area contributed by atoms with Crippen molar-refractivity contribution in [3.63, 3.8) is 0 Å². The zero-order valence-electron chi connectivity index (χ0n) is 13.8. The summed E-state index contributed by atoms with van der Waals surface area (Å²) < 4.78 is 0. The van der Waals surface area contributed by atoms with Crippen LogP contribution in [0.4, 0.5) is 10.5 Å². The van der Waals surface area contributed by atoms with E-state index >= 15 is 0 Å². The molecule has 1 heterocycles. The van der Waals surface area contributed by atoms with Gasteiger partial charge in [0.15, 0.2) is 0 Å². The van der Waals surface area contributed by atoms with E-state index in [0.717, 1.165) is 22.9 Å². The van der Waals surface area contributed by atoms with Crippen molar-refractivity contribution in [1.29, 1.82) is 0 Å². The monoisotopic (exact) mass is 354 g/mol. The van der Waals surface area contributed by atoms with Crippen molar-refractivity contribution in [2.45, 2.75) is 25.1 Å². The average Bonchev–Trinajstić information content (AvgIpc) is 2.85. The Morgan fingerprint density at radius 1 is 1.08 bits per heavy atom. The molecule has 1 aliphatic rings. The number of nitrogens with zero attached hydrogens (tertiary/aromatic N) is 1. The zero-order valence-corrected chi connectivity index (χ0v) is 14.6. The summed E-state index contributed by atoms with van der Waals surface area (Å²) in [5, 5.41) is 1.79. The van der Waals surface area contributed by atoms with Gasteiger partial charge in [-0.25, -0.2) is 0 Å². The Morgan fingerprint density at radius 2 is 1.76 bits per heavy atom. The maximum atomic E-state index is 12.5. The van der Waals surface area contributed by atoms with E-state index in [0.29, 0.717) is 5.69 Å². The van der Waals surface area contributed by atoms with E-state index in [9.17, 15) is 14.4 Å². The second-order valence-corrected chi connectivity index (χ2v) is 7.05. The fraction of sp³-hybridized carbons (Fsp3) is 0.211. The Kier molecular flexibility index (Phi) is 5.19. The maximum absolute atomic E-state index is 12.5. The smallest absolute Gasteiger partial charge is 0.289 e. The number of carbonyl (C=O) groups excluding carboxylic acids is 3. The van der Waals surface area contributed by atoms with Crippen LogP contribution >= 0.6 is 11.8 Å². The molecule has 25 heavy (non-hydrogen) atoms. The van der Waals surface area contributed by atoms with Crippen LogP contribution in [0, 0.1) is 6.92 Å². The predicted molar refractivity (Wildman–Crippen MR) is 98.2 cm³/mol. The van der Waals surface area contributed by atoms with Gasteiger partial charge in [0.1, 0.15) is 5.25 Å². The first-order valence-electron chi connectivity index (χ1n) is 7.95. The molecule has 0 unspecified atom stereocenters. The van der Waals surface area contributed by atoms with Crippen molar-refractivity contribution in [3.05, 3.63) is 65.7 Å². The maximum Gasteiger partial charge on any atom is 0.289 e. The molecule has 1 fully saturated rings. The van der Waals surface area contributed by atoms with Crippen molar-refractivity contribution < 1.29 is 14.4 Å². The van der Waals surface area contributed by atoms with Crippen LogP contribution in [-0.4, -0.2) is 27.2 Å². The highest BCUT2D eigenvalue weighted by Crippen LogP contribution is 2.30. The lowest BCUT2D eigenvalue weighted by atomic mass is 10.2. The third-order valence-corrected chi connectivity index (χ3v) is 4.97. The number of benzene rings is 2. The highest BCUT2D eigenvalue weighted by molar-refractivity contribution is 8.15. The van der Waals surface area contributed by atoms with Gasteiger partial charge in [-0.3, -0.25) is 19.3 Å². The molecule has 2 aromatic carbocycles. The van der Waals surface area contributed by atoms with Crippen molar-refractivity contribution >= 4 is 34.5 Å². The minimum Gasteiger partial charge on any atom is -0.326 e. The number of imide groups is 1. The fourth-order valence-corrected chi connectivity index (χ4v) is 3.54. The van der Waals surface area contributed by atoms with Crippen LogP contribution < -0.4 is 5.32 Å². The zero-order chi connectivity index (χ0) is 17.8. The van der Waals surface area contributed by atoms with Crippen molar-refractivity contribution in [2.24, 2.45) is 0 Å². The van der Waals surface area contributed by atoms with Crippen molar-refractivity contribution in [1.82, 2.24) is 4.90 Å². The number of rotatable bonds is 5. The largest absolute Gasteiger partial charge is 0.326 e. The van der Waals surface area contributed by atoms with Gasteiger partial charge in [-0.15, -0.1) is 0 Å². The molecule has 0 radical (unpaired) electrons. The molecular weight excluding hydrogens is 336 g/mol. The Labute approximate surface area is 150 Å². The van der Waals surface area contributed by atoms with Gasteiger partial charge in [0.25, 0.3) is 5.24 Å². The van der Waals surface area contributed by atoms with Crippen molar-refractivity contribution in [2.75, 3.05) is 5.32 Å². The Bertz CT molecular complexity index is 790. The Balaban J connectivity index is 1.59. The van der Waals surface area contributed by atoms with Gasteiger partial charge in [0.2, 0.25) is 11.8 Å². The van der Waals surface area contributed by atoms with Crippen molar-refractivity contribution in [3.8, 4) is 0 Å². The minimum atomic E-state index is -0.665. The van der Waals surface area contributed by atoms with Gasteiger partial charge in [-0.2, -0.15) is 0 Å². The van der Waals surface area contributed by atoms with Crippen LogP contribution in [0.25, 0.3) is 0 Å². The lowest BCUT2D eigenvalue weighted by molar-refractivity contribution is -0.129. The fourth-order valence-electron chi connectivity index (χ4n) is 2.55. The first kappa shape index (κ1) is 17.2. The molecule has 5 nitrogen and oxygen atoms in total. The average molecular weight is 354 g/mol. The highest BCUT2D eigenvalue weighted by Gasteiger charge is 2.40. The number of nitrogens with one attached hydrogen (secondary N) is 1. The molecule has 3 amide bonds. The van der Waals surface area contributed by atoms with Crippen LogP contribution in [0.5, 0.6) is 0 Å². The normalized spacial score (nSPS) is 17.0. The molecular formula is C19H18N2O3S. The lowest BCUT2D eigenvalue weighted by Gasteiger charge is -2.14. The third-order valence-electron chi connectivity index (χ3n) is 3.89. The number of amides is 3. The summed E-state index contributed by atoms with van der Waals surface area (Å²) in [5.41, 5.74) is 2.66. The van der Waals surface area contributed by atoms with Gasteiger partial charge in [0, 0.05) is 12.1 Å².